The summed E-state index contributed by atoms with van der Waals surface area (Å²) in [5.41, 5.74) is 4.44. The summed E-state index contributed by atoms with van der Waals surface area (Å²) in [5, 5.41) is 8.74. The predicted octanol–water partition coefficient (Wildman–Crippen LogP) is 1.02. The highest BCUT2D eigenvalue weighted by atomic mass is 19.1. The van der Waals surface area contributed by atoms with Crippen LogP contribution >= 0.6 is 0 Å². The third-order valence-electron chi connectivity index (χ3n) is 1.70. The second-order valence-corrected chi connectivity index (χ2v) is 2.74. The molecule has 0 saturated carbocycles. The Morgan fingerprint density at radius 1 is 1.40 bits per heavy atom. The van der Waals surface area contributed by atoms with Gasteiger partial charge in [0, 0.05) is 11.6 Å². The van der Waals surface area contributed by atoms with Crippen LogP contribution < -0.4 is 5.73 Å². The fourth-order valence-electron chi connectivity index (χ4n) is 1.06. The Labute approximate surface area is 84.8 Å². The fourth-order valence-corrected chi connectivity index (χ4v) is 1.06. The molecule has 1 aromatic carbocycles. The van der Waals surface area contributed by atoms with Crippen LogP contribution in [0.1, 0.15) is 15.9 Å². The van der Waals surface area contributed by atoms with Crippen molar-refractivity contribution in [3.8, 4) is 0 Å². The summed E-state index contributed by atoms with van der Waals surface area (Å²) < 4.78 is 13.2. The third kappa shape index (κ3) is 2.63. The van der Waals surface area contributed by atoms with E-state index in [9.17, 15) is 14.0 Å². The molecule has 0 spiro atoms. The average Bonchev–Trinajstić information content (AvgIpc) is 2.15. The van der Waals surface area contributed by atoms with E-state index in [1.807, 2.05) is 0 Å². The molecule has 0 heterocycles. The zero-order chi connectivity index (χ0) is 11.4. The smallest absolute Gasteiger partial charge is 0.336 e. The van der Waals surface area contributed by atoms with Crippen LogP contribution in [-0.4, -0.2) is 17.0 Å². The van der Waals surface area contributed by atoms with Gasteiger partial charge in [-0.2, -0.15) is 0 Å². The van der Waals surface area contributed by atoms with E-state index in [0.717, 1.165) is 18.2 Å². The molecule has 0 fully saturated rings. The van der Waals surface area contributed by atoms with E-state index in [2.05, 4.69) is 0 Å². The number of nitrogens with two attached hydrogens (primary N) is 1. The molecule has 3 N–H and O–H groups in total. The van der Waals surface area contributed by atoms with Gasteiger partial charge in [-0.15, -0.1) is 0 Å². The van der Waals surface area contributed by atoms with E-state index < -0.39 is 17.7 Å². The van der Waals surface area contributed by atoms with E-state index >= 15 is 0 Å². The van der Waals surface area contributed by atoms with Crippen LogP contribution in [0.2, 0.25) is 0 Å². The van der Waals surface area contributed by atoms with Crippen LogP contribution in [0.3, 0.4) is 0 Å². The molecular formula is C10H8FNO3. The van der Waals surface area contributed by atoms with Crippen LogP contribution in [0.15, 0.2) is 24.3 Å². The summed E-state index contributed by atoms with van der Waals surface area (Å²) in [5.74, 6) is -2.75. The van der Waals surface area contributed by atoms with Gasteiger partial charge in [-0.1, -0.05) is 6.07 Å². The molecule has 0 aliphatic carbocycles. The maximum atomic E-state index is 13.2. The molecule has 4 nitrogen and oxygen atoms in total. The van der Waals surface area contributed by atoms with Gasteiger partial charge in [0.15, 0.2) is 0 Å². The lowest BCUT2D eigenvalue weighted by Crippen LogP contribution is -2.06. The highest BCUT2D eigenvalue weighted by Gasteiger charge is 2.11. The lowest BCUT2D eigenvalue weighted by Gasteiger charge is -2.01. The molecule has 1 aromatic rings. The minimum absolute atomic E-state index is 0.163. The normalized spacial score (nSPS) is 10.5. The molecule has 0 atom stereocenters. The van der Waals surface area contributed by atoms with Gasteiger partial charge in [0.2, 0.25) is 5.91 Å². The van der Waals surface area contributed by atoms with Crippen LogP contribution in [0.5, 0.6) is 0 Å². The number of carboxylic acid groups (broad SMARTS) is 1. The number of primary amides is 1. The van der Waals surface area contributed by atoms with Crippen LogP contribution in [0.25, 0.3) is 6.08 Å². The Morgan fingerprint density at radius 3 is 2.60 bits per heavy atom. The molecule has 1 amide bonds. The van der Waals surface area contributed by atoms with E-state index in [1.165, 1.54) is 12.1 Å². The second kappa shape index (κ2) is 4.36. The van der Waals surface area contributed by atoms with Gasteiger partial charge in [-0.3, -0.25) is 4.79 Å². The van der Waals surface area contributed by atoms with Crippen molar-refractivity contribution < 1.29 is 19.1 Å². The number of carbonyl (C=O) groups excluding carboxylic acids is 1. The van der Waals surface area contributed by atoms with Gasteiger partial charge in [0.05, 0.1) is 5.56 Å². The maximum absolute atomic E-state index is 13.2. The van der Waals surface area contributed by atoms with Gasteiger partial charge in [-0.05, 0) is 18.2 Å². The van der Waals surface area contributed by atoms with E-state index in [-0.39, 0.29) is 11.1 Å². The van der Waals surface area contributed by atoms with Crippen molar-refractivity contribution in [1.29, 1.82) is 0 Å². The summed E-state index contributed by atoms with van der Waals surface area (Å²) in [6.07, 6.45) is 1.95. The van der Waals surface area contributed by atoms with Crippen molar-refractivity contribution in [2.45, 2.75) is 0 Å². The number of hydrogen-bond donors (Lipinski definition) is 2. The lowest BCUT2D eigenvalue weighted by atomic mass is 10.1. The summed E-state index contributed by atoms with van der Waals surface area (Å²) in [6.45, 7) is 0. The Morgan fingerprint density at radius 2 is 2.07 bits per heavy atom. The van der Waals surface area contributed by atoms with E-state index in [4.69, 9.17) is 10.8 Å². The van der Waals surface area contributed by atoms with Crippen molar-refractivity contribution in [3.05, 3.63) is 41.2 Å². The number of carboxylic acids is 1. The summed E-state index contributed by atoms with van der Waals surface area (Å²) >= 11 is 0. The molecule has 0 bridgehead atoms. The van der Waals surface area contributed by atoms with E-state index in [0.29, 0.717) is 0 Å². The van der Waals surface area contributed by atoms with Crippen LogP contribution in [-0.2, 0) is 4.79 Å². The quantitative estimate of drug-likeness (QED) is 0.729. The monoisotopic (exact) mass is 209 g/mol. The minimum atomic E-state index is -1.27. The molecule has 0 aliphatic heterocycles. The Hall–Kier alpha value is -2.17. The SMILES string of the molecule is NC(=O)C=Cc1c(F)cccc1C(=O)O. The first-order valence-corrected chi connectivity index (χ1v) is 4.01. The molecule has 0 aliphatic rings. The number of halogens is 1. The lowest BCUT2D eigenvalue weighted by molar-refractivity contribution is -0.113. The number of rotatable bonds is 3. The van der Waals surface area contributed by atoms with Gasteiger partial charge in [0.1, 0.15) is 5.82 Å². The maximum Gasteiger partial charge on any atom is 0.336 e. The van der Waals surface area contributed by atoms with Crippen LogP contribution in [0.4, 0.5) is 4.39 Å². The molecule has 78 valence electrons. The Kier molecular flexibility index (Phi) is 3.17. The number of hydrogen-bond acceptors (Lipinski definition) is 2. The van der Waals surface area contributed by atoms with Crippen molar-refractivity contribution in [2.24, 2.45) is 5.73 Å². The molecule has 0 radical (unpaired) electrons. The van der Waals surface area contributed by atoms with Crippen molar-refractivity contribution in [3.63, 3.8) is 0 Å². The topological polar surface area (TPSA) is 80.4 Å². The first-order chi connectivity index (χ1) is 7.02. The largest absolute Gasteiger partial charge is 0.478 e. The minimum Gasteiger partial charge on any atom is -0.478 e. The number of amides is 1. The Bertz CT molecular complexity index is 440. The summed E-state index contributed by atoms with van der Waals surface area (Å²) in [6, 6.07) is 3.62. The molecule has 15 heavy (non-hydrogen) atoms. The second-order valence-electron chi connectivity index (χ2n) is 2.74. The first-order valence-electron chi connectivity index (χ1n) is 4.01. The predicted molar refractivity (Wildman–Crippen MR) is 51.6 cm³/mol. The number of carbonyl (C=O) groups is 2. The fraction of sp³-hybridized carbons (Fsp3) is 0. The first kappa shape index (κ1) is 10.9. The molecule has 0 saturated heterocycles. The van der Waals surface area contributed by atoms with Crippen molar-refractivity contribution >= 4 is 18.0 Å². The molecule has 1 rings (SSSR count). The number of benzene rings is 1. The highest BCUT2D eigenvalue weighted by molar-refractivity contribution is 5.95. The standard InChI is InChI=1S/C10H8FNO3/c11-8-3-1-2-7(10(14)15)6(8)4-5-9(12)13/h1-5H,(H2,12,13)(H,14,15). The molecular weight excluding hydrogens is 201 g/mol. The van der Waals surface area contributed by atoms with Gasteiger partial charge in [0.25, 0.3) is 0 Å². The van der Waals surface area contributed by atoms with Gasteiger partial charge in [-0.25, -0.2) is 9.18 Å². The van der Waals surface area contributed by atoms with Crippen molar-refractivity contribution in [1.82, 2.24) is 0 Å². The van der Waals surface area contributed by atoms with Crippen molar-refractivity contribution in [2.75, 3.05) is 0 Å². The van der Waals surface area contributed by atoms with Gasteiger partial charge < -0.3 is 10.8 Å². The molecule has 0 unspecified atom stereocenters. The zero-order valence-electron chi connectivity index (χ0n) is 7.61. The molecule has 5 heteroatoms. The van der Waals surface area contributed by atoms with Gasteiger partial charge >= 0.3 is 5.97 Å². The number of aromatic carboxylic acids is 1. The van der Waals surface area contributed by atoms with E-state index in [1.54, 1.807) is 0 Å². The summed E-state index contributed by atoms with van der Waals surface area (Å²) in [4.78, 5) is 21.1. The van der Waals surface area contributed by atoms with Crippen LogP contribution in [0, 0.1) is 5.82 Å². The third-order valence-corrected chi connectivity index (χ3v) is 1.70. The Balaban J connectivity index is 3.25. The molecule has 0 aromatic heterocycles. The zero-order valence-corrected chi connectivity index (χ0v) is 7.61. The highest BCUT2D eigenvalue weighted by Crippen LogP contribution is 2.15. The average molecular weight is 209 g/mol. The summed E-state index contributed by atoms with van der Waals surface area (Å²) in [7, 11) is 0.